The highest BCUT2D eigenvalue weighted by atomic mass is 16.6. The summed E-state index contributed by atoms with van der Waals surface area (Å²) in [7, 11) is 0. The lowest BCUT2D eigenvalue weighted by Gasteiger charge is -2.10. The Bertz CT molecular complexity index is 980. The summed E-state index contributed by atoms with van der Waals surface area (Å²) in [6.07, 6.45) is 1.18. The van der Waals surface area contributed by atoms with Crippen molar-refractivity contribution >= 4 is 28.7 Å². The number of aromatic nitrogens is 2. The molecule has 0 saturated carbocycles. The van der Waals surface area contributed by atoms with Crippen LogP contribution in [0.3, 0.4) is 0 Å². The van der Waals surface area contributed by atoms with E-state index in [1.807, 2.05) is 30.3 Å². The highest BCUT2D eigenvalue weighted by molar-refractivity contribution is 5.74. The van der Waals surface area contributed by atoms with Gasteiger partial charge in [0.05, 0.1) is 9.85 Å². The number of anilines is 3. The molecule has 0 radical (unpaired) electrons. The summed E-state index contributed by atoms with van der Waals surface area (Å²) in [5.41, 5.74) is 0.748. The molecule has 0 aliphatic rings. The molecule has 136 valence electrons. The van der Waals surface area contributed by atoms with Crippen molar-refractivity contribution in [2.75, 3.05) is 10.6 Å². The van der Waals surface area contributed by atoms with Gasteiger partial charge in [0.15, 0.2) is 0 Å². The molecule has 0 saturated heterocycles. The van der Waals surface area contributed by atoms with Gasteiger partial charge in [0, 0.05) is 24.4 Å². The van der Waals surface area contributed by atoms with Gasteiger partial charge in [-0.25, -0.2) is 9.97 Å². The zero-order valence-corrected chi connectivity index (χ0v) is 13.9. The van der Waals surface area contributed by atoms with Crippen LogP contribution < -0.4 is 10.6 Å². The predicted octanol–water partition coefficient (Wildman–Crippen LogP) is 3.65. The lowest BCUT2D eigenvalue weighted by Crippen LogP contribution is -2.08. The van der Waals surface area contributed by atoms with E-state index in [-0.39, 0.29) is 23.0 Å². The molecule has 0 amide bonds. The molecule has 0 aliphatic heterocycles. The van der Waals surface area contributed by atoms with Gasteiger partial charge >= 0.3 is 5.69 Å². The molecule has 1 aromatic heterocycles. The van der Waals surface area contributed by atoms with Gasteiger partial charge in [-0.2, -0.15) is 0 Å². The van der Waals surface area contributed by atoms with Gasteiger partial charge < -0.3 is 10.6 Å². The van der Waals surface area contributed by atoms with Gasteiger partial charge in [0.25, 0.3) is 5.69 Å². The fraction of sp³-hybridized carbons (Fsp3) is 0.0588. The number of nitro groups is 2. The van der Waals surface area contributed by atoms with Crippen molar-refractivity contribution in [2.45, 2.75) is 6.54 Å². The predicted molar refractivity (Wildman–Crippen MR) is 98.8 cm³/mol. The summed E-state index contributed by atoms with van der Waals surface area (Å²) in [6.45, 7) is 0.342. The summed E-state index contributed by atoms with van der Waals surface area (Å²) >= 11 is 0. The van der Waals surface area contributed by atoms with Crippen molar-refractivity contribution in [3.63, 3.8) is 0 Å². The van der Waals surface area contributed by atoms with E-state index in [4.69, 9.17) is 0 Å². The van der Waals surface area contributed by atoms with Gasteiger partial charge in [-0.05, 0) is 11.6 Å². The first kappa shape index (κ1) is 17.7. The Morgan fingerprint density at radius 2 is 1.63 bits per heavy atom. The minimum absolute atomic E-state index is 0.0479. The van der Waals surface area contributed by atoms with Crippen LogP contribution in [0.25, 0.3) is 0 Å². The summed E-state index contributed by atoms with van der Waals surface area (Å²) in [4.78, 5) is 29.2. The molecule has 2 N–H and O–H groups in total. The first-order valence-electron chi connectivity index (χ1n) is 7.83. The molecule has 0 atom stereocenters. The lowest BCUT2D eigenvalue weighted by molar-refractivity contribution is -0.384. The summed E-state index contributed by atoms with van der Waals surface area (Å²) in [6, 6.07) is 15.0. The monoisotopic (exact) mass is 366 g/mol. The molecule has 0 aliphatic carbocycles. The van der Waals surface area contributed by atoms with Crippen LogP contribution in [0.15, 0.2) is 60.9 Å². The maximum Gasteiger partial charge on any atom is 0.353 e. The van der Waals surface area contributed by atoms with Crippen LogP contribution in [0.4, 0.5) is 28.7 Å². The molecule has 3 aromatic rings. The average Bonchev–Trinajstić information content (AvgIpc) is 2.67. The largest absolute Gasteiger partial charge is 0.360 e. The molecule has 0 fully saturated rings. The molecule has 2 aromatic carbocycles. The van der Waals surface area contributed by atoms with E-state index in [0.29, 0.717) is 12.2 Å². The fourth-order valence-electron chi connectivity index (χ4n) is 2.39. The molecular formula is C17H14N6O4. The molecule has 0 spiro atoms. The molecular weight excluding hydrogens is 352 g/mol. The molecule has 27 heavy (non-hydrogen) atoms. The van der Waals surface area contributed by atoms with Gasteiger partial charge in [-0.15, -0.1) is 0 Å². The number of nitrogens with one attached hydrogen (secondary N) is 2. The van der Waals surface area contributed by atoms with Gasteiger partial charge in [-0.1, -0.05) is 36.4 Å². The maximum absolute atomic E-state index is 11.6. The Hall–Kier alpha value is -4.08. The molecule has 10 heteroatoms. The first-order valence-corrected chi connectivity index (χ1v) is 7.83. The Morgan fingerprint density at radius 3 is 2.33 bits per heavy atom. The van der Waals surface area contributed by atoms with Crippen molar-refractivity contribution in [3.05, 3.63) is 86.7 Å². The normalized spacial score (nSPS) is 10.2. The van der Waals surface area contributed by atoms with Crippen LogP contribution in [0.2, 0.25) is 0 Å². The number of hydrogen-bond donors (Lipinski definition) is 2. The first-order chi connectivity index (χ1) is 13.0. The zero-order chi connectivity index (χ0) is 19.2. The van der Waals surface area contributed by atoms with E-state index in [9.17, 15) is 20.2 Å². The van der Waals surface area contributed by atoms with Crippen molar-refractivity contribution in [1.29, 1.82) is 0 Å². The van der Waals surface area contributed by atoms with E-state index in [1.54, 1.807) is 6.07 Å². The molecule has 0 bridgehead atoms. The topological polar surface area (TPSA) is 136 Å². The Labute approximate surface area is 153 Å². The number of rotatable bonds is 7. The average molecular weight is 366 g/mol. The van der Waals surface area contributed by atoms with Crippen molar-refractivity contribution in [1.82, 2.24) is 9.97 Å². The minimum atomic E-state index is -0.604. The van der Waals surface area contributed by atoms with E-state index in [0.717, 1.165) is 5.56 Å². The molecule has 0 unspecified atom stereocenters. The van der Waals surface area contributed by atoms with Crippen molar-refractivity contribution in [2.24, 2.45) is 0 Å². The highest BCUT2D eigenvalue weighted by Gasteiger charge is 2.23. The third-order valence-corrected chi connectivity index (χ3v) is 3.63. The fourth-order valence-corrected chi connectivity index (χ4v) is 2.39. The molecule has 3 rings (SSSR count). The molecule has 1 heterocycles. The number of nitro benzene ring substituents is 1. The minimum Gasteiger partial charge on any atom is -0.360 e. The quantitative estimate of drug-likeness (QED) is 0.477. The Morgan fingerprint density at radius 1 is 0.889 bits per heavy atom. The van der Waals surface area contributed by atoms with E-state index >= 15 is 0 Å². The van der Waals surface area contributed by atoms with Crippen LogP contribution in [-0.2, 0) is 6.54 Å². The summed E-state index contributed by atoms with van der Waals surface area (Å²) < 4.78 is 0. The second kappa shape index (κ2) is 7.87. The summed E-state index contributed by atoms with van der Waals surface area (Å²) in [5.74, 6) is -0.0159. The SMILES string of the molecule is O=[N+]([O-])c1cccc(Nc2ncnc(NCc3ccccc3)c2[N+](=O)[O-])c1. The summed E-state index contributed by atoms with van der Waals surface area (Å²) in [5, 5.41) is 28.1. The second-order valence-corrected chi connectivity index (χ2v) is 5.45. The Balaban J connectivity index is 1.88. The lowest BCUT2D eigenvalue weighted by atomic mass is 10.2. The number of non-ortho nitro benzene ring substituents is 1. The van der Waals surface area contributed by atoms with Crippen LogP contribution in [0.5, 0.6) is 0 Å². The molecule has 10 nitrogen and oxygen atoms in total. The van der Waals surface area contributed by atoms with Crippen molar-refractivity contribution < 1.29 is 9.85 Å². The number of nitrogens with zero attached hydrogens (tertiary/aromatic N) is 4. The maximum atomic E-state index is 11.6. The smallest absolute Gasteiger partial charge is 0.353 e. The van der Waals surface area contributed by atoms with Crippen LogP contribution in [-0.4, -0.2) is 19.8 Å². The van der Waals surface area contributed by atoms with Gasteiger partial charge in [0.2, 0.25) is 11.6 Å². The third-order valence-electron chi connectivity index (χ3n) is 3.63. The van der Waals surface area contributed by atoms with Gasteiger partial charge in [-0.3, -0.25) is 20.2 Å². The number of hydrogen-bond acceptors (Lipinski definition) is 8. The Kier molecular flexibility index (Phi) is 5.17. The standard InChI is InChI=1S/C17H14N6O4/c24-22(25)14-8-4-7-13(9-14)21-17-15(23(26)27)16(19-11-20-17)18-10-12-5-2-1-3-6-12/h1-9,11H,10H2,(H2,18,19,20,21). The van der Waals surface area contributed by atoms with E-state index in [2.05, 4.69) is 20.6 Å². The van der Waals surface area contributed by atoms with Gasteiger partial charge in [0.1, 0.15) is 6.33 Å². The van der Waals surface area contributed by atoms with E-state index in [1.165, 1.54) is 24.5 Å². The van der Waals surface area contributed by atoms with Crippen LogP contribution in [0, 0.1) is 20.2 Å². The third kappa shape index (κ3) is 4.31. The second-order valence-electron chi connectivity index (χ2n) is 5.45. The van der Waals surface area contributed by atoms with E-state index < -0.39 is 9.85 Å². The zero-order valence-electron chi connectivity index (χ0n) is 13.9. The van der Waals surface area contributed by atoms with Crippen molar-refractivity contribution in [3.8, 4) is 0 Å². The van der Waals surface area contributed by atoms with Crippen LogP contribution >= 0.6 is 0 Å². The highest BCUT2D eigenvalue weighted by Crippen LogP contribution is 2.32. The number of benzene rings is 2. The van der Waals surface area contributed by atoms with Crippen LogP contribution in [0.1, 0.15) is 5.56 Å².